The van der Waals surface area contributed by atoms with Gasteiger partial charge in [-0.2, -0.15) is 0 Å². The molecule has 2 saturated heterocycles. The Morgan fingerprint density at radius 1 is 1.24 bits per heavy atom. The molecule has 2 aliphatic heterocycles. The smallest absolute Gasteiger partial charge is 0.224 e. The summed E-state index contributed by atoms with van der Waals surface area (Å²) in [5.41, 5.74) is 7.15. The molecule has 7 heteroatoms. The first-order valence-electron chi connectivity index (χ1n) is 9.32. The van der Waals surface area contributed by atoms with Crippen LogP contribution in [0.25, 0.3) is 0 Å². The lowest BCUT2D eigenvalue weighted by Gasteiger charge is -2.35. The van der Waals surface area contributed by atoms with Gasteiger partial charge in [-0.1, -0.05) is 0 Å². The molecule has 0 saturated carbocycles. The Balaban J connectivity index is 1.51. The molecular formula is C18H29N5O2. The monoisotopic (exact) mass is 347 g/mol. The minimum Gasteiger partial charge on any atom is -0.381 e. The Kier molecular flexibility index (Phi) is 6.72. The van der Waals surface area contributed by atoms with E-state index in [0.717, 1.165) is 57.7 Å². The predicted molar refractivity (Wildman–Crippen MR) is 94.9 cm³/mol. The number of aromatic nitrogens is 2. The van der Waals surface area contributed by atoms with Crippen molar-refractivity contribution in [3.05, 3.63) is 24.3 Å². The van der Waals surface area contributed by atoms with Crippen LogP contribution in [0.4, 0.5) is 0 Å². The number of hydrogen-bond acceptors (Lipinski definition) is 6. The van der Waals surface area contributed by atoms with Crippen molar-refractivity contribution in [2.24, 2.45) is 11.7 Å². The van der Waals surface area contributed by atoms with Crippen molar-refractivity contribution in [2.75, 3.05) is 32.8 Å². The van der Waals surface area contributed by atoms with E-state index in [-0.39, 0.29) is 17.9 Å². The van der Waals surface area contributed by atoms with Gasteiger partial charge in [-0.3, -0.25) is 19.7 Å². The molecule has 7 nitrogen and oxygen atoms in total. The number of nitrogens with zero attached hydrogens (tertiary/aromatic N) is 3. The molecule has 0 unspecified atom stereocenters. The Labute approximate surface area is 149 Å². The summed E-state index contributed by atoms with van der Waals surface area (Å²) in [7, 11) is 0. The standard InChI is InChI=1S/C18H29N5O2/c19-15-2-1-14(12-23(13-15)17-4-9-25-10-5-17)18(24)22-6-3-16-11-20-7-8-21-16/h7-8,11,14-15,17H,1-6,9-10,12-13,19H2,(H,22,24)/t14-,15+/m1/s1. The molecule has 2 fully saturated rings. The number of hydrogen-bond donors (Lipinski definition) is 2. The fourth-order valence-electron chi connectivity index (χ4n) is 3.74. The van der Waals surface area contributed by atoms with Gasteiger partial charge < -0.3 is 15.8 Å². The maximum Gasteiger partial charge on any atom is 0.224 e. The molecule has 2 aliphatic rings. The summed E-state index contributed by atoms with van der Waals surface area (Å²) in [5, 5.41) is 3.07. The molecule has 0 aliphatic carbocycles. The van der Waals surface area contributed by atoms with Crippen molar-refractivity contribution in [1.82, 2.24) is 20.2 Å². The van der Waals surface area contributed by atoms with Crippen LogP contribution in [0.1, 0.15) is 31.4 Å². The number of likely N-dealkylation sites (tertiary alicyclic amines) is 1. The van der Waals surface area contributed by atoms with Crippen LogP contribution in [0.15, 0.2) is 18.6 Å². The van der Waals surface area contributed by atoms with Crippen molar-refractivity contribution in [2.45, 2.75) is 44.2 Å². The third kappa shape index (κ3) is 5.45. The summed E-state index contributed by atoms with van der Waals surface area (Å²) < 4.78 is 5.47. The molecule has 1 aromatic heterocycles. The van der Waals surface area contributed by atoms with Crippen molar-refractivity contribution < 1.29 is 9.53 Å². The Morgan fingerprint density at radius 3 is 2.84 bits per heavy atom. The van der Waals surface area contributed by atoms with Crippen LogP contribution < -0.4 is 11.1 Å². The molecule has 0 aromatic carbocycles. The molecule has 0 spiro atoms. The lowest BCUT2D eigenvalue weighted by Crippen LogP contribution is -2.47. The third-order valence-electron chi connectivity index (χ3n) is 5.18. The zero-order valence-electron chi connectivity index (χ0n) is 14.8. The van der Waals surface area contributed by atoms with Crippen LogP contribution >= 0.6 is 0 Å². The fourth-order valence-corrected chi connectivity index (χ4v) is 3.74. The number of carbonyl (C=O) groups is 1. The van der Waals surface area contributed by atoms with Gasteiger partial charge in [0.1, 0.15) is 0 Å². The molecule has 25 heavy (non-hydrogen) atoms. The highest BCUT2D eigenvalue weighted by atomic mass is 16.5. The molecule has 1 aromatic rings. The fraction of sp³-hybridized carbons (Fsp3) is 0.722. The predicted octanol–water partition coefficient (Wildman–Crippen LogP) is 0.354. The van der Waals surface area contributed by atoms with E-state index < -0.39 is 0 Å². The van der Waals surface area contributed by atoms with Crippen LogP contribution in [0.5, 0.6) is 0 Å². The number of amides is 1. The summed E-state index contributed by atoms with van der Waals surface area (Å²) in [5.74, 6) is 0.147. The van der Waals surface area contributed by atoms with E-state index in [1.807, 2.05) is 0 Å². The van der Waals surface area contributed by atoms with Gasteiger partial charge in [-0.15, -0.1) is 0 Å². The molecule has 3 rings (SSSR count). The average Bonchev–Trinajstić information content (AvgIpc) is 2.85. The summed E-state index contributed by atoms with van der Waals surface area (Å²) in [6, 6.07) is 0.646. The summed E-state index contributed by atoms with van der Waals surface area (Å²) in [6.07, 6.45) is 9.61. The van der Waals surface area contributed by atoms with E-state index in [9.17, 15) is 4.79 Å². The number of nitrogens with two attached hydrogens (primary N) is 1. The molecule has 0 radical (unpaired) electrons. The van der Waals surface area contributed by atoms with E-state index in [1.165, 1.54) is 0 Å². The SMILES string of the molecule is N[C@H]1CC[C@@H](C(=O)NCCc2cnccn2)CN(C2CCOCC2)C1. The second kappa shape index (κ2) is 9.22. The molecular weight excluding hydrogens is 318 g/mol. The van der Waals surface area contributed by atoms with E-state index in [1.54, 1.807) is 18.6 Å². The van der Waals surface area contributed by atoms with Gasteiger partial charge >= 0.3 is 0 Å². The Morgan fingerprint density at radius 2 is 2.08 bits per heavy atom. The summed E-state index contributed by atoms with van der Waals surface area (Å²) in [4.78, 5) is 23.3. The first kappa shape index (κ1) is 18.2. The molecule has 0 bridgehead atoms. The Hall–Kier alpha value is -1.57. The van der Waals surface area contributed by atoms with Crippen LogP contribution in [-0.4, -0.2) is 65.7 Å². The molecule has 3 N–H and O–H groups in total. The lowest BCUT2D eigenvalue weighted by atomic mass is 10.0. The average molecular weight is 347 g/mol. The van der Waals surface area contributed by atoms with Gasteiger partial charge in [0.15, 0.2) is 0 Å². The maximum atomic E-state index is 12.6. The largest absolute Gasteiger partial charge is 0.381 e. The van der Waals surface area contributed by atoms with Gasteiger partial charge in [0.05, 0.1) is 11.6 Å². The quantitative estimate of drug-likeness (QED) is 0.798. The number of carbonyl (C=O) groups excluding carboxylic acids is 1. The van der Waals surface area contributed by atoms with Crippen molar-refractivity contribution in [1.29, 1.82) is 0 Å². The van der Waals surface area contributed by atoms with Crippen molar-refractivity contribution >= 4 is 5.91 Å². The van der Waals surface area contributed by atoms with E-state index in [2.05, 4.69) is 20.2 Å². The highest BCUT2D eigenvalue weighted by Crippen LogP contribution is 2.22. The highest BCUT2D eigenvalue weighted by molar-refractivity contribution is 5.78. The topological polar surface area (TPSA) is 93.4 Å². The first-order valence-corrected chi connectivity index (χ1v) is 9.32. The van der Waals surface area contributed by atoms with Gasteiger partial charge in [-0.05, 0) is 25.7 Å². The zero-order chi connectivity index (χ0) is 17.5. The second-order valence-corrected chi connectivity index (χ2v) is 7.07. The number of rotatable bonds is 5. The van der Waals surface area contributed by atoms with Crippen molar-refractivity contribution in [3.8, 4) is 0 Å². The van der Waals surface area contributed by atoms with Gasteiger partial charge in [0.2, 0.25) is 5.91 Å². The maximum absolute atomic E-state index is 12.6. The van der Waals surface area contributed by atoms with Gasteiger partial charge in [0.25, 0.3) is 0 Å². The summed E-state index contributed by atoms with van der Waals surface area (Å²) >= 11 is 0. The van der Waals surface area contributed by atoms with Crippen LogP contribution in [-0.2, 0) is 16.0 Å². The minimum absolute atomic E-state index is 0.0123. The second-order valence-electron chi connectivity index (χ2n) is 7.07. The number of nitrogens with one attached hydrogen (secondary N) is 1. The van der Waals surface area contributed by atoms with Crippen LogP contribution in [0, 0.1) is 5.92 Å². The van der Waals surface area contributed by atoms with Crippen LogP contribution in [0.3, 0.4) is 0 Å². The summed E-state index contributed by atoms with van der Waals surface area (Å²) in [6.45, 7) is 3.90. The molecule has 138 valence electrons. The normalized spacial score (nSPS) is 26.1. The van der Waals surface area contributed by atoms with Crippen LogP contribution in [0.2, 0.25) is 0 Å². The third-order valence-corrected chi connectivity index (χ3v) is 5.18. The Bertz CT molecular complexity index is 536. The molecule has 3 heterocycles. The highest BCUT2D eigenvalue weighted by Gasteiger charge is 2.31. The van der Waals surface area contributed by atoms with E-state index in [4.69, 9.17) is 10.5 Å². The van der Waals surface area contributed by atoms with E-state index in [0.29, 0.717) is 19.0 Å². The molecule has 2 atom stereocenters. The lowest BCUT2D eigenvalue weighted by molar-refractivity contribution is -0.125. The zero-order valence-corrected chi connectivity index (χ0v) is 14.8. The van der Waals surface area contributed by atoms with Gasteiger partial charge in [-0.25, -0.2) is 0 Å². The van der Waals surface area contributed by atoms with Gasteiger partial charge in [0, 0.05) is 69.9 Å². The first-order chi connectivity index (χ1) is 12.2. The van der Waals surface area contributed by atoms with Crippen molar-refractivity contribution in [3.63, 3.8) is 0 Å². The number of ether oxygens (including phenoxy) is 1. The molecule has 1 amide bonds. The van der Waals surface area contributed by atoms with E-state index >= 15 is 0 Å². The minimum atomic E-state index is 0.0123.